The van der Waals surface area contributed by atoms with Crippen molar-refractivity contribution in [3.8, 4) is 17.2 Å². The highest BCUT2D eigenvalue weighted by Gasteiger charge is 2.13. The highest BCUT2D eigenvalue weighted by Crippen LogP contribution is 2.30. The van der Waals surface area contributed by atoms with Crippen LogP contribution in [0.25, 0.3) is 11.5 Å². The van der Waals surface area contributed by atoms with Crippen LogP contribution in [0.1, 0.15) is 19.7 Å². The van der Waals surface area contributed by atoms with Crippen LogP contribution in [0.5, 0.6) is 5.75 Å². The largest absolute Gasteiger partial charge is 0.507 e. The van der Waals surface area contributed by atoms with Crippen LogP contribution in [-0.2, 0) is 0 Å². The fraction of sp³-hybridized carbons (Fsp3) is 0.308. The number of aromatic hydroxyl groups is 1. The number of aromatic nitrogens is 2. The zero-order valence-corrected chi connectivity index (χ0v) is 11.5. The zero-order valence-electron chi connectivity index (χ0n) is 11.5. The summed E-state index contributed by atoms with van der Waals surface area (Å²) in [4.78, 5) is 15.7. The predicted molar refractivity (Wildman–Crippen MR) is 73.4 cm³/mol. The lowest BCUT2D eigenvalue weighted by atomic mass is 10.1. The number of amides is 2. The molecule has 0 spiro atoms. The molecule has 2 amide bonds. The molecule has 0 fully saturated rings. The maximum atomic E-state index is 11.6. The van der Waals surface area contributed by atoms with Crippen LogP contribution in [0.15, 0.2) is 22.7 Å². The molecule has 20 heavy (non-hydrogen) atoms. The lowest BCUT2D eigenvalue weighted by molar-refractivity contribution is 0.250. The van der Waals surface area contributed by atoms with Crippen molar-refractivity contribution < 1.29 is 14.4 Å². The van der Waals surface area contributed by atoms with Crippen LogP contribution in [0.3, 0.4) is 0 Å². The van der Waals surface area contributed by atoms with Crippen molar-refractivity contribution in [2.24, 2.45) is 0 Å². The molecule has 1 heterocycles. The average Bonchev–Trinajstić information content (AvgIpc) is 2.77. The summed E-state index contributed by atoms with van der Waals surface area (Å²) in [7, 11) is 0. The molecule has 0 radical (unpaired) electrons. The summed E-state index contributed by atoms with van der Waals surface area (Å²) >= 11 is 0. The third-order valence-corrected chi connectivity index (χ3v) is 2.43. The number of anilines is 1. The SMILES string of the molecule is Cc1noc(-c2cc(NC(=O)NC(C)C)ccc2O)n1. The molecule has 1 aromatic carbocycles. The van der Waals surface area contributed by atoms with Crippen LogP contribution in [0.2, 0.25) is 0 Å². The second-order valence-electron chi connectivity index (χ2n) is 4.63. The van der Waals surface area contributed by atoms with Gasteiger partial charge in [-0.2, -0.15) is 4.98 Å². The van der Waals surface area contributed by atoms with Gasteiger partial charge in [-0.3, -0.25) is 0 Å². The number of phenolic OH excluding ortho intramolecular Hbond substituents is 1. The lowest BCUT2D eigenvalue weighted by Crippen LogP contribution is -2.34. The Balaban J connectivity index is 2.23. The molecule has 0 aliphatic heterocycles. The van der Waals surface area contributed by atoms with Gasteiger partial charge in [-0.15, -0.1) is 0 Å². The fourth-order valence-corrected chi connectivity index (χ4v) is 1.62. The summed E-state index contributed by atoms with van der Waals surface area (Å²) in [6.45, 7) is 5.41. The topological polar surface area (TPSA) is 100 Å². The van der Waals surface area contributed by atoms with E-state index in [1.165, 1.54) is 6.07 Å². The normalized spacial score (nSPS) is 10.6. The Labute approximate surface area is 116 Å². The van der Waals surface area contributed by atoms with Crippen LogP contribution < -0.4 is 10.6 Å². The molecule has 7 heteroatoms. The number of hydrogen-bond donors (Lipinski definition) is 3. The molecule has 1 aromatic heterocycles. The Morgan fingerprint density at radius 2 is 2.15 bits per heavy atom. The lowest BCUT2D eigenvalue weighted by Gasteiger charge is -2.11. The summed E-state index contributed by atoms with van der Waals surface area (Å²) in [6, 6.07) is 4.33. The zero-order chi connectivity index (χ0) is 14.7. The van der Waals surface area contributed by atoms with E-state index in [2.05, 4.69) is 20.8 Å². The Morgan fingerprint density at radius 3 is 2.75 bits per heavy atom. The first-order valence-corrected chi connectivity index (χ1v) is 6.17. The molecule has 0 saturated heterocycles. The van der Waals surface area contributed by atoms with Crippen molar-refractivity contribution in [1.29, 1.82) is 0 Å². The van der Waals surface area contributed by atoms with Gasteiger partial charge in [0.25, 0.3) is 5.89 Å². The number of aryl methyl sites for hydroxylation is 1. The highest BCUT2D eigenvalue weighted by atomic mass is 16.5. The van der Waals surface area contributed by atoms with E-state index in [1.54, 1.807) is 19.1 Å². The second kappa shape index (κ2) is 5.60. The van der Waals surface area contributed by atoms with E-state index in [4.69, 9.17) is 4.52 Å². The van der Waals surface area contributed by atoms with Gasteiger partial charge in [0.2, 0.25) is 0 Å². The molecular formula is C13H16N4O3. The van der Waals surface area contributed by atoms with E-state index in [1.807, 2.05) is 13.8 Å². The molecule has 0 aliphatic rings. The molecule has 106 valence electrons. The minimum Gasteiger partial charge on any atom is -0.507 e. The maximum absolute atomic E-state index is 11.6. The van der Waals surface area contributed by atoms with E-state index in [9.17, 15) is 9.90 Å². The van der Waals surface area contributed by atoms with E-state index < -0.39 is 0 Å². The van der Waals surface area contributed by atoms with Crippen molar-refractivity contribution in [1.82, 2.24) is 15.5 Å². The molecule has 0 aliphatic carbocycles. The third kappa shape index (κ3) is 3.25. The van der Waals surface area contributed by atoms with E-state index in [0.717, 1.165) is 0 Å². The predicted octanol–water partition coefficient (Wildman–Crippen LogP) is 2.28. The van der Waals surface area contributed by atoms with Crippen LogP contribution in [0.4, 0.5) is 10.5 Å². The molecule has 0 bridgehead atoms. The minimum atomic E-state index is -0.321. The molecule has 0 atom stereocenters. The first-order chi connectivity index (χ1) is 9.45. The summed E-state index contributed by atoms with van der Waals surface area (Å²) in [6.07, 6.45) is 0. The first-order valence-electron chi connectivity index (χ1n) is 6.17. The number of hydrogen-bond acceptors (Lipinski definition) is 5. The Kier molecular flexibility index (Phi) is 3.88. The van der Waals surface area contributed by atoms with Gasteiger partial charge in [0, 0.05) is 11.7 Å². The number of phenols is 1. The number of nitrogens with one attached hydrogen (secondary N) is 2. The Hall–Kier alpha value is -2.57. The van der Waals surface area contributed by atoms with Gasteiger partial charge < -0.3 is 20.3 Å². The molecular weight excluding hydrogens is 260 g/mol. The van der Waals surface area contributed by atoms with Crippen molar-refractivity contribution in [3.63, 3.8) is 0 Å². The number of benzene rings is 1. The molecule has 3 N–H and O–H groups in total. The van der Waals surface area contributed by atoms with Crippen LogP contribution >= 0.6 is 0 Å². The minimum absolute atomic E-state index is 0.00321. The van der Waals surface area contributed by atoms with Crippen molar-refractivity contribution in [2.75, 3.05) is 5.32 Å². The Bertz CT molecular complexity index is 622. The number of urea groups is 1. The van der Waals surface area contributed by atoms with Gasteiger partial charge in [0.1, 0.15) is 5.75 Å². The van der Waals surface area contributed by atoms with Crippen LogP contribution in [-0.4, -0.2) is 27.3 Å². The standard InChI is InChI=1S/C13H16N4O3/c1-7(2)14-13(19)16-9-4-5-11(18)10(6-9)12-15-8(3)17-20-12/h4-7,18H,1-3H3,(H2,14,16,19). The van der Waals surface area contributed by atoms with Gasteiger partial charge in [-0.05, 0) is 39.0 Å². The summed E-state index contributed by atoms with van der Waals surface area (Å²) in [5.74, 6) is 0.673. The van der Waals surface area contributed by atoms with E-state index in [-0.39, 0.29) is 23.7 Å². The number of carbonyl (C=O) groups excluding carboxylic acids is 1. The van der Waals surface area contributed by atoms with Crippen LogP contribution in [0, 0.1) is 6.92 Å². The van der Waals surface area contributed by atoms with Gasteiger partial charge in [-0.25, -0.2) is 4.79 Å². The van der Waals surface area contributed by atoms with Crippen molar-refractivity contribution >= 4 is 11.7 Å². The van der Waals surface area contributed by atoms with Gasteiger partial charge in [0.05, 0.1) is 5.56 Å². The van der Waals surface area contributed by atoms with Gasteiger partial charge >= 0.3 is 6.03 Å². The van der Waals surface area contributed by atoms with Crippen molar-refractivity contribution in [3.05, 3.63) is 24.0 Å². The Morgan fingerprint density at radius 1 is 1.40 bits per heavy atom. The summed E-state index contributed by atoms with van der Waals surface area (Å²) in [5.41, 5.74) is 0.889. The summed E-state index contributed by atoms with van der Waals surface area (Å²) < 4.78 is 5.01. The fourth-order valence-electron chi connectivity index (χ4n) is 1.62. The second-order valence-corrected chi connectivity index (χ2v) is 4.63. The molecule has 0 unspecified atom stereocenters. The average molecular weight is 276 g/mol. The highest BCUT2D eigenvalue weighted by molar-refractivity contribution is 5.90. The maximum Gasteiger partial charge on any atom is 0.319 e. The number of rotatable bonds is 3. The molecule has 0 saturated carbocycles. The summed E-state index contributed by atoms with van der Waals surface area (Å²) in [5, 5.41) is 18.9. The molecule has 7 nitrogen and oxygen atoms in total. The smallest absolute Gasteiger partial charge is 0.319 e. The third-order valence-electron chi connectivity index (χ3n) is 2.43. The molecule has 2 rings (SSSR count). The van der Waals surface area contributed by atoms with Crippen molar-refractivity contribution in [2.45, 2.75) is 26.8 Å². The quantitative estimate of drug-likeness (QED) is 0.747. The first kappa shape index (κ1) is 13.9. The van der Waals surface area contributed by atoms with E-state index >= 15 is 0 Å². The monoisotopic (exact) mass is 276 g/mol. The van der Waals surface area contributed by atoms with Gasteiger partial charge in [-0.1, -0.05) is 5.16 Å². The number of nitrogens with zero attached hydrogens (tertiary/aromatic N) is 2. The molecule has 2 aromatic rings. The van der Waals surface area contributed by atoms with E-state index in [0.29, 0.717) is 17.1 Å². The van der Waals surface area contributed by atoms with Gasteiger partial charge in [0.15, 0.2) is 5.82 Å². The number of carbonyl (C=O) groups is 1.